The van der Waals surface area contributed by atoms with Gasteiger partial charge in [-0.05, 0) is 52.0 Å². The number of thiophene rings is 1. The molecule has 1 atom stereocenters. The first-order valence-electron chi connectivity index (χ1n) is 6.57. The molecule has 2 rings (SSSR count). The molecular formula is C15H15BrF3NS. The van der Waals surface area contributed by atoms with Crippen LogP contribution >= 0.6 is 27.3 Å². The standard InChI is InChI=1S/C15H15BrF3NS/c1-2-8-20-13(14-12(16)7-9-21-14)10-5-3-4-6-11(10)15(17,18)19/h3-7,9,13,20H,2,8H2,1H3. The van der Waals surface area contributed by atoms with Gasteiger partial charge in [-0.25, -0.2) is 0 Å². The minimum Gasteiger partial charge on any atom is -0.306 e. The summed E-state index contributed by atoms with van der Waals surface area (Å²) < 4.78 is 40.5. The zero-order chi connectivity index (χ0) is 15.5. The van der Waals surface area contributed by atoms with E-state index in [9.17, 15) is 13.2 Å². The van der Waals surface area contributed by atoms with Gasteiger partial charge in [0.1, 0.15) is 0 Å². The van der Waals surface area contributed by atoms with Gasteiger partial charge in [0.25, 0.3) is 0 Å². The van der Waals surface area contributed by atoms with Crippen LogP contribution in [0.25, 0.3) is 0 Å². The van der Waals surface area contributed by atoms with Gasteiger partial charge in [-0.15, -0.1) is 11.3 Å². The van der Waals surface area contributed by atoms with Crippen LogP contribution in [-0.4, -0.2) is 6.54 Å². The van der Waals surface area contributed by atoms with Crippen molar-refractivity contribution in [1.29, 1.82) is 0 Å². The zero-order valence-electron chi connectivity index (χ0n) is 11.4. The molecule has 114 valence electrons. The Morgan fingerprint density at radius 1 is 1.24 bits per heavy atom. The van der Waals surface area contributed by atoms with Crippen molar-refractivity contribution in [1.82, 2.24) is 5.32 Å². The van der Waals surface area contributed by atoms with E-state index in [1.807, 2.05) is 18.4 Å². The van der Waals surface area contributed by atoms with E-state index < -0.39 is 17.8 Å². The summed E-state index contributed by atoms with van der Waals surface area (Å²) in [5.74, 6) is 0. The third kappa shape index (κ3) is 3.87. The highest BCUT2D eigenvalue weighted by Gasteiger charge is 2.35. The third-order valence-corrected chi connectivity index (χ3v) is 5.02. The summed E-state index contributed by atoms with van der Waals surface area (Å²) in [7, 11) is 0. The Balaban J connectivity index is 2.50. The fourth-order valence-electron chi connectivity index (χ4n) is 2.15. The predicted molar refractivity (Wildman–Crippen MR) is 83.6 cm³/mol. The molecule has 6 heteroatoms. The molecule has 1 aromatic heterocycles. The molecule has 1 heterocycles. The second kappa shape index (κ2) is 6.94. The summed E-state index contributed by atoms with van der Waals surface area (Å²) in [4.78, 5) is 0.861. The van der Waals surface area contributed by atoms with Crippen molar-refractivity contribution in [3.05, 3.63) is 56.2 Å². The van der Waals surface area contributed by atoms with Crippen molar-refractivity contribution in [2.75, 3.05) is 6.54 Å². The van der Waals surface area contributed by atoms with Crippen LogP contribution in [0.15, 0.2) is 40.2 Å². The molecule has 0 radical (unpaired) electrons. The number of nitrogens with one attached hydrogen (secondary N) is 1. The Morgan fingerprint density at radius 2 is 1.95 bits per heavy atom. The minimum absolute atomic E-state index is 0.265. The monoisotopic (exact) mass is 377 g/mol. The number of alkyl halides is 3. The second-order valence-electron chi connectivity index (χ2n) is 4.60. The minimum atomic E-state index is -4.35. The molecular weight excluding hydrogens is 363 g/mol. The van der Waals surface area contributed by atoms with Gasteiger partial charge in [0, 0.05) is 9.35 Å². The van der Waals surface area contributed by atoms with Crippen LogP contribution in [-0.2, 0) is 6.18 Å². The lowest BCUT2D eigenvalue weighted by atomic mass is 9.98. The average molecular weight is 378 g/mol. The predicted octanol–water partition coefficient (Wildman–Crippen LogP) is 5.62. The molecule has 0 bridgehead atoms. The van der Waals surface area contributed by atoms with Crippen molar-refractivity contribution >= 4 is 27.3 Å². The Morgan fingerprint density at radius 3 is 2.52 bits per heavy atom. The van der Waals surface area contributed by atoms with Gasteiger partial charge in [0.05, 0.1) is 11.6 Å². The first kappa shape index (κ1) is 16.5. The lowest BCUT2D eigenvalue weighted by Crippen LogP contribution is -2.25. The first-order valence-corrected chi connectivity index (χ1v) is 8.24. The van der Waals surface area contributed by atoms with E-state index in [0.29, 0.717) is 6.54 Å². The van der Waals surface area contributed by atoms with Gasteiger partial charge in [-0.3, -0.25) is 0 Å². The van der Waals surface area contributed by atoms with Gasteiger partial charge < -0.3 is 5.32 Å². The Labute approximate surface area is 134 Å². The topological polar surface area (TPSA) is 12.0 Å². The summed E-state index contributed by atoms with van der Waals surface area (Å²) >= 11 is 4.87. The van der Waals surface area contributed by atoms with Gasteiger partial charge >= 0.3 is 6.18 Å². The Hall–Kier alpha value is -0.850. The van der Waals surface area contributed by atoms with Crippen LogP contribution < -0.4 is 5.32 Å². The molecule has 1 N–H and O–H groups in total. The number of rotatable bonds is 5. The average Bonchev–Trinajstić information content (AvgIpc) is 2.85. The maximum atomic E-state index is 13.2. The van der Waals surface area contributed by atoms with Gasteiger partial charge in [0.15, 0.2) is 0 Å². The molecule has 0 amide bonds. The van der Waals surface area contributed by atoms with Crippen molar-refractivity contribution in [3.8, 4) is 0 Å². The summed E-state index contributed by atoms with van der Waals surface area (Å²) in [5.41, 5.74) is -0.319. The molecule has 0 saturated heterocycles. The van der Waals surface area contributed by atoms with Gasteiger partial charge in [-0.1, -0.05) is 25.1 Å². The summed E-state index contributed by atoms with van der Waals surface area (Å²) in [6, 6.07) is 7.15. The summed E-state index contributed by atoms with van der Waals surface area (Å²) in [6.45, 7) is 2.64. The van der Waals surface area contributed by atoms with Crippen LogP contribution in [0.2, 0.25) is 0 Å². The summed E-state index contributed by atoms with van der Waals surface area (Å²) in [6.07, 6.45) is -3.50. The molecule has 1 aromatic carbocycles. The van der Waals surface area contributed by atoms with Crippen molar-refractivity contribution < 1.29 is 13.2 Å². The van der Waals surface area contributed by atoms with E-state index in [-0.39, 0.29) is 5.56 Å². The molecule has 0 aliphatic carbocycles. The fourth-order valence-corrected chi connectivity index (χ4v) is 3.85. The normalized spacial score (nSPS) is 13.4. The van der Waals surface area contributed by atoms with E-state index in [2.05, 4.69) is 21.2 Å². The van der Waals surface area contributed by atoms with Crippen LogP contribution in [0, 0.1) is 0 Å². The highest BCUT2D eigenvalue weighted by Crippen LogP contribution is 2.39. The van der Waals surface area contributed by atoms with Gasteiger partial charge in [-0.2, -0.15) is 13.2 Å². The van der Waals surface area contributed by atoms with Gasteiger partial charge in [0.2, 0.25) is 0 Å². The maximum absolute atomic E-state index is 13.2. The number of benzene rings is 1. The number of hydrogen-bond acceptors (Lipinski definition) is 2. The van der Waals surface area contributed by atoms with E-state index in [1.54, 1.807) is 12.1 Å². The third-order valence-electron chi connectivity index (χ3n) is 3.08. The van der Waals surface area contributed by atoms with E-state index in [0.717, 1.165) is 21.8 Å². The second-order valence-corrected chi connectivity index (χ2v) is 6.41. The Kier molecular flexibility index (Phi) is 5.46. The SMILES string of the molecule is CCCNC(c1ccccc1C(F)(F)F)c1sccc1Br. The molecule has 0 saturated carbocycles. The fraction of sp³-hybridized carbons (Fsp3) is 0.333. The number of hydrogen-bond donors (Lipinski definition) is 1. The quantitative estimate of drug-likeness (QED) is 0.712. The Bertz CT molecular complexity index is 595. The van der Waals surface area contributed by atoms with E-state index in [1.165, 1.54) is 17.4 Å². The molecule has 1 nitrogen and oxygen atoms in total. The molecule has 1 unspecified atom stereocenters. The van der Waals surface area contributed by atoms with Crippen molar-refractivity contribution in [3.63, 3.8) is 0 Å². The van der Waals surface area contributed by atoms with Crippen LogP contribution in [0.4, 0.5) is 13.2 Å². The first-order chi connectivity index (χ1) is 9.95. The molecule has 0 spiro atoms. The molecule has 21 heavy (non-hydrogen) atoms. The summed E-state index contributed by atoms with van der Waals surface area (Å²) in [5, 5.41) is 5.09. The maximum Gasteiger partial charge on any atom is 0.416 e. The van der Waals surface area contributed by atoms with E-state index >= 15 is 0 Å². The van der Waals surface area contributed by atoms with Crippen molar-refractivity contribution in [2.45, 2.75) is 25.6 Å². The van der Waals surface area contributed by atoms with Crippen LogP contribution in [0.3, 0.4) is 0 Å². The van der Waals surface area contributed by atoms with Crippen LogP contribution in [0.5, 0.6) is 0 Å². The smallest absolute Gasteiger partial charge is 0.306 e. The highest BCUT2D eigenvalue weighted by molar-refractivity contribution is 9.10. The lowest BCUT2D eigenvalue weighted by Gasteiger charge is -2.22. The highest BCUT2D eigenvalue weighted by atomic mass is 79.9. The van der Waals surface area contributed by atoms with Crippen molar-refractivity contribution in [2.24, 2.45) is 0 Å². The zero-order valence-corrected chi connectivity index (χ0v) is 13.8. The molecule has 2 aromatic rings. The lowest BCUT2D eigenvalue weighted by molar-refractivity contribution is -0.138. The molecule has 0 fully saturated rings. The van der Waals surface area contributed by atoms with Crippen LogP contribution in [0.1, 0.15) is 35.4 Å². The van der Waals surface area contributed by atoms with E-state index in [4.69, 9.17) is 0 Å². The molecule has 0 aliphatic rings. The molecule has 0 aliphatic heterocycles. The largest absolute Gasteiger partial charge is 0.416 e. The number of halogens is 4.